The van der Waals surface area contributed by atoms with Gasteiger partial charge in [-0.05, 0) is 23.8 Å². The third-order valence-electron chi connectivity index (χ3n) is 3.60. The first kappa shape index (κ1) is 30.1. The van der Waals surface area contributed by atoms with E-state index in [1.807, 2.05) is 79.7 Å². The number of nitro benzene ring substituents is 1. The zero-order valence-corrected chi connectivity index (χ0v) is 20.4. The van der Waals surface area contributed by atoms with Crippen LogP contribution in [0.1, 0.15) is 61.0 Å². The van der Waals surface area contributed by atoms with Crippen LogP contribution in [0, 0.1) is 10.1 Å². The highest BCUT2D eigenvalue weighted by Crippen LogP contribution is 2.36. The summed E-state index contributed by atoms with van der Waals surface area (Å²) in [6.45, 7) is 16.2. The Bertz CT molecular complexity index is 761. The molecule has 7 heteroatoms. The first-order valence-corrected chi connectivity index (χ1v) is 10.9. The van der Waals surface area contributed by atoms with Crippen molar-refractivity contribution >= 4 is 17.3 Å². The van der Waals surface area contributed by atoms with Crippen LogP contribution in [0.2, 0.25) is 0 Å². The van der Waals surface area contributed by atoms with Gasteiger partial charge in [0, 0.05) is 6.07 Å². The van der Waals surface area contributed by atoms with Gasteiger partial charge in [0.2, 0.25) is 0 Å². The minimum Gasteiger partial charge on any atom is -0.497 e. The molecule has 3 rings (SSSR count). The van der Waals surface area contributed by atoms with Crippen LogP contribution in [0.25, 0.3) is 0 Å². The van der Waals surface area contributed by atoms with Crippen LogP contribution in [-0.4, -0.2) is 24.5 Å². The van der Waals surface area contributed by atoms with Gasteiger partial charge >= 0.3 is 0 Å². The third-order valence-corrected chi connectivity index (χ3v) is 3.60. The Kier molecular flexibility index (Phi) is 17.2. The van der Waals surface area contributed by atoms with E-state index in [4.69, 9.17) is 9.47 Å². The zero-order chi connectivity index (χ0) is 24.4. The second-order valence-corrected chi connectivity index (χ2v) is 5.03. The largest absolute Gasteiger partial charge is 0.497 e. The SMILES string of the molecule is CC.CC.CC.CC.COc1ccc(CN2C(=O)COc3cc([N+](=O)[O-])ccc32)cc1. The number of nitro groups is 1. The maximum Gasteiger partial charge on any atom is 0.273 e. The number of carbonyl (C=O) groups excluding carboxylic acids is 1. The molecule has 0 unspecified atom stereocenters. The number of non-ortho nitro benzene ring substituents is 1. The molecular weight excluding hydrogens is 396 g/mol. The molecule has 0 saturated heterocycles. The van der Waals surface area contributed by atoms with Crippen molar-refractivity contribution in [3.8, 4) is 11.5 Å². The number of fused-ring (bicyclic) bond motifs is 1. The normalized spacial score (nSPS) is 10.6. The average molecular weight is 435 g/mol. The topological polar surface area (TPSA) is 81.9 Å². The van der Waals surface area contributed by atoms with Crippen LogP contribution in [-0.2, 0) is 11.3 Å². The minimum absolute atomic E-state index is 0.0671. The Morgan fingerprint density at radius 2 is 1.52 bits per heavy atom. The minimum atomic E-state index is -0.492. The lowest BCUT2D eigenvalue weighted by atomic mass is 10.1. The highest BCUT2D eigenvalue weighted by molar-refractivity contribution is 5.98. The van der Waals surface area contributed by atoms with E-state index < -0.39 is 4.92 Å². The fourth-order valence-electron chi connectivity index (χ4n) is 2.39. The van der Waals surface area contributed by atoms with Gasteiger partial charge in [-0.15, -0.1) is 0 Å². The van der Waals surface area contributed by atoms with Gasteiger partial charge in [-0.2, -0.15) is 0 Å². The number of nitrogens with zero attached hydrogens (tertiary/aromatic N) is 2. The molecular formula is C24H38N2O5. The van der Waals surface area contributed by atoms with E-state index in [-0.39, 0.29) is 18.2 Å². The summed E-state index contributed by atoms with van der Waals surface area (Å²) < 4.78 is 10.4. The lowest BCUT2D eigenvalue weighted by Gasteiger charge is -2.29. The number of methoxy groups -OCH3 is 1. The molecule has 0 saturated carbocycles. The van der Waals surface area contributed by atoms with Gasteiger partial charge < -0.3 is 14.4 Å². The van der Waals surface area contributed by atoms with Crippen molar-refractivity contribution < 1.29 is 19.2 Å². The Labute approximate surface area is 187 Å². The fourth-order valence-corrected chi connectivity index (χ4v) is 2.39. The van der Waals surface area contributed by atoms with Crippen molar-refractivity contribution in [3.05, 3.63) is 58.1 Å². The lowest BCUT2D eigenvalue weighted by Crippen LogP contribution is -2.38. The fraction of sp³-hybridized carbons (Fsp3) is 0.458. The number of hydrogen-bond acceptors (Lipinski definition) is 5. The van der Waals surface area contributed by atoms with E-state index in [2.05, 4.69) is 0 Å². The maximum absolute atomic E-state index is 12.1. The molecule has 0 fully saturated rings. The number of amides is 1. The molecule has 0 spiro atoms. The summed E-state index contributed by atoms with van der Waals surface area (Å²) in [6.07, 6.45) is 0. The van der Waals surface area contributed by atoms with Gasteiger partial charge in [-0.3, -0.25) is 14.9 Å². The first-order valence-electron chi connectivity index (χ1n) is 10.9. The third kappa shape index (κ3) is 9.07. The van der Waals surface area contributed by atoms with Crippen LogP contribution >= 0.6 is 0 Å². The van der Waals surface area contributed by atoms with Crippen LogP contribution in [0.15, 0.2) is 42.5 Å². The van der Waals surface area contributed by atoms with Crippen LogP contribution in [0.5, 0.6) is 11.5 Å². The number of carbonyl (C=O) groups is 1. The van der Waals surface area contributed by atoms with E-state index >= 15 is 0 Å². The highest BCUT2D eigenvalue weighted by atomic mass is 16.6. The summed E-state index contributed by atoms with van der Waals surface area (Å²) in [4.78, 5) is 24.1. The number of hydrogen-bond donors (Lipinski definition) is 0. The molecule has 2 aromatic carbocycles. The molecule has 1 amide bonds. The van der Waals surface area contributed by atoms with Gasteiger partial charge in [0.1, 0.15) is 5.75 Å². The van der Waals surface area contributed by atoms with Crippen molar-refractivity contribution in [1.29, 1.82) is 0 Å². The molecule has 31 heavy (non-hydrogen) atoms. The van der Waals surface area contributed by atoms with E-state index in [0.717, 1.165) is 11.3 Å². The molecule has 0 radical (unpaired) electrons. The van der Waals surface area contributed by atoms with Crippen molar-refractivity contribution in [3.63, 3.8) is 0 Å². The first-order chi connectivity index (χ1) is 15.1. The van der Waals surface area contributed by atoms with Crippen molar-refractivity contribution in [1.82, 2.24) is 0 Å². The quantitative estimate of drug-likeness (QED) is 0.398. The summed E-state index contributed by atoms with van der Waals surface area (Å²) >= 11 is 0. The van der Waals surface area contributed by atoms with E-state index in [1.165, 1.54) is 18.2 Å². The summed E-state index contributed by atoms with van der Waals surface area (Å²) in [5, 5.41) is 10.8. The number of rotatable bonds is 4. The van der Waals surface area contributed by atoms with E-state index in [9.17, 15) is 14.9 Å². The van der Waals surface area contributed by atoms with Crippen molar-refractivity contribution in [2.75, 3.05) is 18.6 Å². The van der Waals surface area contributed by atoms with Gasteiger partial charge in [0.05, 0.1) is 30.3 Å². The molecule has 2 aromatic rings. The Hall–Kier alpha value is -3.09. The lowest BCUT2D eigenvalue weighted by molar-refractivity contribution is -0.384. The van der Waals surface area contributed by atoms with E-state index in [0.29, 0.717) is 18.0 Å². The second kappa shape index (κ2) is 17.7. The van der Waals surface area contributed by atoms with Gasteiger partial charge in [0.25, 0.3) is 11.6 Å². The number of benzene rings is 2. The van der Waals surface area contributed by atoms with Crippen LogP contribution < -0.4 is 14.4 Å². The van der Waals surface area contributed by atoms with Crippen LogP contribution in [0.3, 0.4) is 0 Å². The Morgan fingerprint density at radius 1 is 0.968 bits per heavy atom. The predicted molar refractivity (Wildman–Crippen MR) is 128 cm³/mol. The van der Waals surface area contributed by atoms with E-state index in [1.54, 1.807) is 12.0 Å². The smallest absolute Gasteiger partial charge is 0.273 e. The molecule has 0 N–H and O–H groups in total. The molecule has 7 nitrogen and oxygen atoms in total. The zero-order valence-electron chi connectivity index (χ0n) is 20.4. The standard InChI is InChI=1S/C16H14N2O5.4C2H6/c1-22-13-5-2-11(3-6-13)9-17-14-7-4-12(18(20)21)8-15(14)23-10-16(17)19;4*1-2/h2-8H,9-10H2,1H3;4*1-2H3. The molecule has 0 aromatic heterocycles. The summed E-state index contributed by atoms with van der Waals surface area (Å²) in [5.41, 5.74) is 1.38. The molecule has 174 valence electrons. The molecule has 1 heterocycles. The summed E-state index contributed by atoms with van der Waals surface area (Å²) in [7, 11) is 1.59. The summed E-state index contributed by atoms with van der Waals surface area (Å²) in [5.74, 6) is 0.882. The molecule has 0 bridgehead atoms. The molecule has 1 aliphatic rings. The van der Waals surface area contributed by atoms with Gasteiger partial charge in [-0.25, -0.2) is 0 Å². The van der Waals surface area contributed by atoms with Crippen LogP contribution in [0.4, 0.5) is 11.4 Å². The maximum atomic E-state index is 12.1. The number of ether oxygens (including phenoxy) is 2. The highest BCUT2D eigenvalue weighted by Gasteiger charge is 2.27. The average Bonchev–Trinajstić information content (AvgIpc) is 2.86. The number of anilines is 1. The Balaban J connectivity index is 0. The van der Waals surface area contributed by atoms with Gasteiger partial charge in [-0.1, -0.05) is 67.5 Å². The molecule has 0 aliphatic carbocycles. The monoisotopic (exact) mass is 434 g/mol. The Morgan fingerprint density at radius 3 is 2.00 bits per heavy atom. The second-order valence-electron chi connectivity index (χ2n) is 5.03. The summed E-state index contributed by atoms with van der Waals surface area (Å²) in [6, 6.07) is 11.6. The van der Waals surface area contributed by atoms with Gasteiger partial charge in [0.15, 0.2) is 12.4 Å². The van der Waals surface area contributed by atoms with Crippen molar-refractivity contribution in [2.24, 2.45) is 0 Å². The predicted octanol–water partition coefficient (Wildman–Crippen LogP) is 6.63. The van der Waals surface area contributed by atoms with Crippen molar-refractivity contribution in [2.45, 2.75) is 61.9 Å². The molecule has 0 atom stereocenters. The molecule has 1 aliphatic heterocycles.